The van der Waals surface area contributed by atoms with Crippen LogP contribution in [0, 0.1) is 0 Å². The molecule has 1 atom stereocenters. The zero-order valence-corrected chi connectivity index (χ0v) is 15.9. The Hall–Kier alpha value is -1.24. The number of ether oxygens (including phenoxy) is 2. The van der Waals surface area contributed by atoms with E-state index in [1.165, 1.54) is 4.90 Å². The molecule has 0 spiro atoms. The first-order valence-electron chi connectivity index (χ1n) is 8.56. The average molecular weight is 354 g/mol. The minimum Gasteiger partial charge on any atom is -0.382 e. The third kappa shape index (κ3) is 10.5. The summed E-state index contributed by atoms with van der Waals surface area (Å²) in [5.41, 5.74) is 0. The molecule has 1 aromatic carbocycles. The zero-order chi connectivity index (χ0) is 17.5. The van der Waals surface area contributed by atoms with Gasteiger partial charge in [-0.3, -0.25) is 4.99 Å². The lowest BCUT2D eigenvalue weighted by molar-refractivity contribution is 0.0698. The molecule has 0 saturated carbocycles. The molecule has 0 aliphatic carbocycles. The van der Waals surface area contributed by atoms with Gasteiger partial charge in [-0.1, -0.05) is 25.1 Å². The summed E-state index contributed by atoms with van der Waals surface area (Å²) in [6.07, 6.45) is 0.947. The van der Waals surface area contributed by atoms with Crippen LogP contribution in [0.4, 0.5) is 0 Å². The SMILES string of the molecule is CCNC(=NCC(C)Sc1ccccc1)NCCCOCCOC. The summed E-state index contributed by atoms with van der Waals surface area (Å²) in [6, 6.07) is 10.5. The van der Waals surface area contributed by atoms with Crippen molar-refractivity contribution in [2.75, 3.05) is 46.6 Å². The third-order valence-electron chi connectivity index (χ3n) is 3.12. The highest BCUT2D eigenvalue weighted by molar-refractivity contribution is 8.00. The summed E-state index contributed by atoms with van der Waals surface area (Å²) < 4.78 is 10.4. The van der Waals surface area contributed by atoms with Gasteiger partial charge in [0.15, 0.2) is 5.96 Å². The Morgan fingerprint density at radius 3 is 2.67 bits per heavy atom. The topological polar surface area (TPSA) is 54.9 Å². The molecule has 0 aromatic heterocycles. The molecule has 0 radical (unpaired) electrons. The summed E-state index contributed by atoms with van der Waals surface area (Å²) in [4.78, 5) is 5.95. The molecule has 136 valence electrons. The minimum absolute atomic E-state index is 0.431. The van der Waals surface area contributed by atoms with Crippen LogP contribution in [0.2, 0.25) is 0 Å². The fourth-order valence-electron chi connectivity index (χ4n) is 1.96. The van der Waals surface area contributed by atoms with Crippen LogP contribution in [0.25, 0.3) is 0 Å². The van der Waals surface area contributed by atoms with Crippen LogP contribution in [0.1, 0.15) is 20.3 Å². The van der Waals surface area contributed by atoms with Gasteiger partial charge in [-0.15, -0.1) is 11.8 Å². The van der Waals surface area contributed by atoms with Crippen LogP contribution in [0.3, 0.4) is 0 Å². The highest BCUT2D eigenvalue weighted by Crippen LogP contribution is 2.22. The molecule has 5 nitrogen and oxygen atoms in total. The molecular formula is C18H31N3O2S. The number of guanidine groups is 1. The molecule has 1 unspecified atom stereocenters. The molecule has 0 aliphatic heterocycles. The summed E-state index contributed by atoms with van der Waals surface area (Å²) in [5, 5.41) is 7.06. The standard InChI is InChI=1S/C18H31N3O2S/c1-4-19-18(20-11-8-12-23-14-13-22-3)21-15-16(2)24-17-9-6-5-7-10-17/h5-7,9-10,16H,4,8,11-15H2,1-3H3,(H2,19,20,21). The van der Waals surface area contributed by atoms with E-state index in [1.54, 1.807) is 7.11 Å². The molecule has 0 aliphatic rings. The molecule has 0 fully saturated rings. The fourth-order valence-corrected chi connectivity index (χ4v) is 2.88. The van der Waals surface area contributed by atoms with E-state index < -0.39 is 0 Å². The van der Waals surface area contributed by atoms with Crippen molar-refractivity contribution >= 4 is 17.7 Å². The van der Waals surface area contributed by atoms with E-state index in [9.17, 15) is 0 Å². The van der Waals surface area contributed by atoms with Crippen LogP contribution in [0.5, 0.6) is 0 Å². The summed E-state index contributed by atoms with van der Waals surface area (Å²) in [6.45, 7) is 8.79. The number of benzene rings is 1. The summed E-state index contributed by atoms with van der Waals surface area (Å²) in [7, 11) is 1.68. The van der Waals surface area contributed by atoms with E-state index >= 15 is 0 Å². The lowest BCUT2D eigenvalue weighted by Gasteiger charge is -2.13. The molecule has 6 heteroatoms. The van der Waals surface area contributed by atoms with Crippen molar-refractivity contribution in [3.8, 4) is 0 Å². The Morgan fingerprint density at radius 2 is 1.96 bits per heavy atom. The van der Waals surface area contributed by atoms with E-state index in [0.717, 1.165) is 38.6 Å². The number of thioether (sulfide) groups is 1. The Balaban J connectivity index is 2.25. The Kier molecular flexibility index (Phi) is 12.3. The van der Waals surface area contributed by atoms with Crippen molar-refractivity contribution in [3.63, 3.8) is 0 Å². The number of methoxy groups -OCH3 is 1. The van der Waals surface area contributed by atoms with Crippen LogP contribution < -0.4 is 10.6 Å². The van der Waals surface area contributed by atoms with Gasteiger partial charge < -0.3 is 20.1 Å². The number of hydrogen-bond donors (Lipinski definition) is 2. The van der Waals surface area contributed by atoms with Gasteiger partial charge in [0.25, 0.3) is 0 Å². The van der Waals surface area contributed by atoms with Crippen molar-refractivity contribution in [2.45, 2.75) is 30.4 Å². The van der Waals surface area contributed by atoms with E-state index in [0.29, 0.717) is 18.5 Å². The first-order valence-corrected chi connectivity index (χ1v) is 9.44. The Morgan fingerprint density at radius 1 is 1.17 bits per heavy atom. The van der Waals surface area contributed by atoms with Gasteiger partial charge in [-0.2, -0.15) is 0 Å². The van der Waals surface area contributed by atoms with Gasteiger partial charge in [0.2, 0.25) is 0 Å². The van der Waals surface area contributed by atoms with Gasteiger partial charge in [-0.25, -0.2) is 0 Å². The van der Waals surface area contributed by atoms with E-state index in [2.05, 4.69) is 53.7 Å². The molecule has 0 saturated heterocycles. The van der Waals surface area contributed by atoms with E-state index in [4.69, 9.17) is 9.47 Å². The third-order valence-corrected chi connectivity index (χ3v) is 4.22. The zero-order valence-electron chi connectivity index (χ0n) is 15.1. The Labute approximate surface area is 150 Å². The molecular weight excluding hydrogens is 322 g/mol. The molecule has 1 rings (SSSR count). The fraction of sp³-hybridized carbons (Fsp3) is 0.611. The maximum Gasteiger partial charge on any atom is 0.191 e. The lowest BCUT2D eigenvalue weighted by atomic mass is 10.4. The van der Waals surface area contributed by atoms with Crippen LogP contribution in [-0.2, 0) is 9.47 Å². The molecule has 24 heavy (non-hydrogen) atoms. The van der Waals surface area contributed by atoms with Gasteiger partial charge in [0, 0.05) is 37.0 Å². The van der Waals surface area contributed by atoms with Crippen molar-refractivity contribution in [1.29, 1.82) is 0 Å². The largest absolute Gasteiger partial charge is 0.382 e. The predicted octanol–water partition coefficient (Wildman–Crippen LogP) is 2.78. The number of nitrogens with one attached hydrogen (secondary N) is 2. The quantitative estimate of drug-likeness (QED) is 0.262. The Bertz CT molecular complexity index is 443. The minimum atomic E-state index is 0.431. The maximum atomic E-state index is 5.45. The first kappa shape index (κ1) is 20.8. The highest BCUT2D eigenvalue weighted by atomic mass is 32.2. The van der Waals surface area contributed by atoms with Crippen LogP contribution >= 0.6 is 11.8 Å². The highest BCUT2D eigenvalue weighted by Gasteiger charge is 2.04. The molecule has 0 bridgehead atoms. The number of rotatable bonds is 12. The van der Waals surface area contributed by atoms with Gasteiger partial charge in [-0.05, 0) is 25.5 Å². The smallest absolute Gasteiger partial charge is 0.191 e. The predicted molar refractivity (Wildman–Crippen MR) is 103 cm³/mol. The second-order valence-electron chi connectivity index (χ2n) is 5.35. The number of nitrogens with zero attached hydrogens (tertiary/aromatic N) is 1. The number of hydrogen-bond acceptors (Lipinski definition) is 4. The van der Waals surface area contributed by atoms with Crippen molar-refractivity contribution in [1.82, 2.24) is 10.6 Å². The van der Waals surface area contributed by atoms with Crippen LogP contribution in [0.15, 0.2) is 40.2 Å². The maximum absolute atomic E-state index is 5.45. The van der Waals surface area contributed by atoms with Gasteiger partial charge in [0.1, 0.15) is 0 Å². The van der Waals surface area contributed by atoms with Crippen molar-refractivity contribution < 1.29 is 9.47 Å². The molecule has 0 amide bonds. The summed E-state index contributed by atoms with van der Waals surface area (Å²) >= 11 is 1.85. The van der Waals surface area contributed by atoms with E-state index in [1.807, 2.05) is 17.8 Å². The van der Waals surface area contributed by atoms with Crippen molar-refractivity contribution in [2.24, 2.45) is 4.99 Å². The summed E-state index contributed by atoms with van der Waals surface area (Å²) in [5.74, 6) is 0.870. The average Bonchev–Trinajstić information content (AvgIpc) is 2.59. The molecule has 0 heterocycles. The van der Waals surface area contributed by atoms with Crippen LogP contribution in [-0.4, -0.2) is 57.8 Å². The van der Waals surface area contributed by atoms with E-state index in [-0.39, 0.29) is 0 Å². The van der Waals surface area contributed by atoms with Gasteiger partial charge >= 0.3 is 0 Å². The van der Waals surface area contributed by atoms with Crippen molar-refractivity contribution in [3.05, 3.63) is 30.3 Å². The lowest BCUT2D eigenvalue weighted by Crippen LogP contribution is -2.38. The second-order valence-corrected chi connectivity index (χ2v) is 6.86. The normalized spacial score (nSPS) is 12.9. The molecule has 2 N–H and O–H groups in total. The monoisotopic (exact) mass is 353 g/mol. The second kappa shape index (κ2) is 14.1. The number of aliphatic imine (C=N–C) groups is 1. The van der Waals surface area contributed by atoms with Gasteiger partial charge in [0.05, 0.1) is 19.8 Å². The molecule has 1 aromatic rings. The first-order chi connectivity index (χ1) is 11.8.